The normalized spacial score (nSPS) is 14.8. The predicted octanol–water partition coefficient (Wildman–Crippen LogP) is 4.86. The molecule has 0 amide bonds. The summed E-state index contributed by atoms with van der Waals surface area (Å²) in [6.07, 6.45) is 5.16. The maximum atomic E-state index is 6.21. The Bertz CT molecular complexity index is 697. The Balaban J connectivity index is 0.00000225. The third-order valence-corrected chi connectivity index (χ3v) is 4.28. The molecule has 0 radical (unpaired) electrons. The molecule has 0 saturated heterocycles. The molecule has 0 aliphatic heterocycles. The number of guanidine groups is 1. The predicted molar refractivity (Wildman–Crippen MR) is 115 cm³/mol. The Morgan fingerprint density at radius 3 is 2.60 bits per heavy atom. The highest BCUT2D eigenvalue weighted by Gasteiger charge is 2.18. The van der Waals surface area contributed by atoms with Crippen molar-refractivity contribution in [3.8, 4) is 5.75 Å². The Labute approximate surface area is 166 Å². The van der Waals surface area contributed by atoms with Gasteiger partial charge in [-0.3, -0.25) is 0 Å². The Kier molecular flexibility index (Phi) is 7.55. The molecule has 0 bridgehead atoms. The molecule has 25 heavy (non-hydrogen) atoms. The van der Waals surface area contributed by atoms with Gasteiger partial charge in [-0.2, -0.15) is 0 Å². The first-order valence-electron chi connectivity index (χ1n) is 8.59. The summed E-state index contributed by atoms with van der Waals surface area (Å²) in [6, 6.07) is 16.1. The summed E-state index contributed by atoms with van der Waals surface area (Å²) in [5.74, 6) is 1.35. The van der Waals surface area contributed by atoms with Gasteiger partial charge in [0.15, 0.2) is 5.96 Å². The number of ether oxygens (including phenoxy) is 1. The standard InChI is InChI=1S/C20H25N3O.HI/c1-15-11-12-16(19(13-15)24-18-9-5-6-10-18)14-22-20(21)23-17-7-3-2-4-8-17;/h2-4,7-8,11-13,18H,5-6,9-10,14H2,1H3,(H3,21,22,23);1H. The molecule has 134 valence electrons. The van der Waals surface area contributed by atoms with Crippen molar-refractivity contribution in [1.82, 2.24) is 0 Å². The van der Waals surface area contributed by atoms with Gasteiger partial charge >= 0.3 is 0 Å². The van der Waals surface area contributed by atoms with Crippen LogP contribution in [-0.4, -0.2) is 12.1 Å². The number of aliphatic imine (C=N–C) groups is 1. The van der Waals surface area contributed by atoms with E-state index in [2.05, 4.69) is 35.4 Å². The van der Waals surface area contributed by atoms with Crippen molar-refractivity contribution in [2.75, 3.05) is 5.32 Å². The molecule has 5 heteroatoms. The first-order chi connectivity index (χ1) is 11.7. The van der Waals surface area contributed by atoms with Crippen LogP contribution < -0.4 is 15.8 Å². The summed E-state index contributed by atoms with van der Waals surface area (Å²) in [5.41, 5.74) is 9.20. The number of anilines is 1. The molecule has 1 aliphatic carbocycles. The average Bonchev–Trinajstić information content (AvgIpc) is 3.08. The van der Waals surface area contributed by atoms with E-state index in [1.165, 1.54) is 18.4 Å². The summed E-state index contributed by atoms with van der Waals surface area (Å²) in [7, 11) is 0. The van der Waals surface area contributed by atoms with E-state index >= 15 is 0 Å². The summed E-state index contributed by atoms with van der Waals surface area (Å²) in [5, 5.41) is 3.10. The van der Waals surface area contributed by atoms with E-state index in [0.29, 0.717) is 18.6 Å². The fourth-order valence-corrected chi connectivity index (χ4v) is 2.97. The van der Waals surface area contributed by atoms with Gasteiger partial charge in [-0.1, -0.05) is 30.3 Å². The maximum Gasteiger partial charge on any atom is 0.193 e. The number of nitrogens with zero attached hydrogens (tertiary/aromatic N) is 1. The number of hydrogen-bond acceptors (Lipinski definition) is 2. The van der Waals surface area contributed by atoms with E-state index in [0.717, 1.165) is 29.8 Å². The molecule has 3 N–H and O–H groups in total. The van der Waals surface area contributed by atoms with Crippen molar-refractivity contribution < 1.29 is 4.74 Å². The second-order valence-corrected chi connectivity index (χ2v) is 6.33. The van der Waals surface area contributed by atoms with Crippen LogP contribution in [0.1, 0.15) is 36.8 Å². The van der Waals surface area contributed by atoms with E-state index in [1.54, 1.807) is 0 Å². The molecule has 3 rings (SSSR count). The molecule has 0 aromatic heterocycles. The first-order valence-corrected chi connectivity index (χ1v) is 8.59. The monoisotopic (exact) mass is 451 g/mol. The van der Waals surface area contributed by atoms with Crippen molar-refractivity contribution >= 4 is 35.6 Å². The molecule has 0 atom stereocenters. The minimum Gasteiger partial charge on any atom is -0.490 e. The maximum absolute atomic E-state index is 6.21. The van der Waals surface area contributed by atoms with E-state index < -0.39 is 0 Å². The minimum atomic E-state index is 0. The third-order valence-electron chi connectivity index (χ3n) is 4.28. The molecular weight excluding hydrogens is 425 g/mol. The van der Waals surface area contributed by atoms with Crippen molar-refractivity contribution in [2.45, 2.75) is 45.3 Å². The zero-order chi connectivity index (χ0) is 16.8. The van der Waals surface area contributed by atoms with Gasteiger partial charge in [0.05, 0.1) is 12.6 Å². The number of hydrogen-bond donors (Lipinski definition) is 2. The Morgan fingerprint density at radius 1 is 1.16 bits per heavy atom. The molecular formula is C20H26IN3O. The topological polar surface area (TPSA) is 59.6 Å². The van der Waals surface area contributed by atoms with E-state index in [9.17, 15) is 0 Å². The van der Waals surface area contributed by atoms with Crippen molar-refractivity contribution in [1.29, 1.82) is 0 Å². The zero-order valence-corrected chi connectivity index (χ0v) is 16.9. The minimum absolute atomic E-state index is 0. The summed E-state index contributed by atoms with van der Waals surface area (Å²) in [6.45, 7) is 2.59. The van der Waals surface area contributed by atoms with Crippen LogP contribution in [0.2, 0.25) is 0 Å². The lowest BCUT2D eigenvalue weighted by atomic mass is 10.1. The van der Waals surface area contributed by atoms with Crippen LogP contribution in [0.3, 0.4) is 0 Å². The number of nitrogens with two attached hydrogens (primary N) is 1. The molecule has 0 unspecified atom stereocenters. The molecule has 2 aromatic carbocycles. The van der Waals surface area contributed by atoms with Crippen LogP contribution in [0.5, 0.6) is 5.75 Å². The molecule has 0 spiro atoms. The number of halogens is 1. The number of para-hydroxylation sites is 1. The lowest BCUT2D eigenvalue weighted by molar-refractivity contribution is 0.208. The molecule has 1 saturated carbocycles. The van der Waals surface area contributed by atoms with Gasteiger partial charge in [0.2, 0.25) is 0 Å². The third kappa shape index (κ3) is 5.92. The van der Waals surface area contributed by atoms with Gasteiger partial charge in [0.1, 0.15) is 5.75 Å². The number of aryl methyl sites for hydroxylation is 1. The van der Waals surface area contributed by atoms with Crippen molar-refractivity contribution in [2.24, 2.45) is 10.7 Å². The van der Waals surface area contributed by atoms with E-state index in [-0.39, 0.29) is 24.0 Å². The van der Waals surface area contributed by atoms with Gasteiger partial charge in [0, 0.05) is 11.3 Å². The highest BCUT2D eigenvalue weighted by Crippen LogP contribution is 2.28. The number of rotatable bonds is 5. The van der Waals surface area contributed by atoms with Crippen LogP contribution in [0.25, 0.3) is 0 Å². The smallest absolute Gasteiger partial charge is 0.193 e. The highest BCUT2D eigenvalue weighted by molar-refractivity contribution is 14.0. The fourth-order valence-electron chi connectivity index (χ4n) is 2.97. The van der Waals surface area contributed by atoms with Gasteiger partial charge in [0.25, 0.3) is 0 Å². The molecule has 0 heterocycles. The van der Waals surface area contributed by atoms with Gasteiger partial charge in [-0.15, -0.1) is 24.0 Å². The van der Waals surface area contributed by atoms with E-state index in [4.69, 9.17) is 10.5 Å². The average molecular weight is 451 g/mol. The van der Waals surface area contributed by atoms with Crippen LogP contribution in [0, 0.1) is 6.92 Å². The number of nitrogens with one attached hydrogen (secondary N) is 1. The summed E-state index contributed by atoms with van der Waals surface area (Å²) >= 11 is 0. The SMILES string of the molecule is Cc1ccc(CN=C(N)Nc2ccccc2)c(OC2CCCC2)c1.I. The summed E-state index contributed by atoms with van der Waals surface area (Å²) < 4.78 is 6.21. The van der Waals surface area contributed by atoms with Crippen LogP contribution >= 0.6 is 24.0 Å². The summed E-state index contributed by atoms with van der Waals surface area (Å²) in [4.78, 5) is 4.46. The number of benzene rings is 2. The van der Waals surface area contributed by atoms with Gasteiger partial charge in [-0.25, -0.2) is 4.99 Å². The lowest BCUT2D eigenvalue weighted by Crippen LogP contribution is -2.22. The van der Waals surface area contributed by atoms with Crippen LogP contribution in [-0.2, 0) is 6.54 Å². The fraction of sp³-hybridized carbons (Fsp3) is 0.350. The molecule has 4 nitrogen and oxygen atoms in total. The van der Waals surface area contributed by atoms with Crippen molar-refractivity contribution in [3.05, 3.63) is 59.7 Å². The zero-order valence-electron chi connectivity index (χ0n) is 14.6. The highest BCUT2D eigenvalue weighted by atomic mass is 127. The largest absolute Gasteiger partial charge is 0.490 e. The van der Waals surface area contributed by atoms with Gasteiger partial charge in [-0.05, 0) is 56.4 Å². The Morgan fingerprint density at radius 2 is 1.88 bits per heavy atom. The van der Waals surface area contributed by atoms with Crippen LogP contribution in [0.4, 0.5) is 5.69 Å². The van der Waals surface area contributed by atoms with Gasteiger partial charge < -0.3 is 15.8 Å². The van der Waals surface area contributed by atoms with Crippen LogP contribution in [0.15, 0.2) is 53.5 Å². The molecule has 2 aromatic rings. The molecule has 1 fully saturated rings. The second-order valence-electron chi connectivity index (χ2n) is 6.33. The second kappa shape index (κ2) is 9.65. The first kappa shape index (κ1) is 19.6. The quantitative estimate of drug-likeness (QED) is 0.388. The Hall–Kier alpha value is -1.76. The lowest BCUT2D eigenvalue weighted by Gasteiger charge is -2.16. The van der Waals surface area contributed by atoms with E-state index in [1.807, 2.05) is 30.3 Å². The molecule has 1 aliphatic rings. The van der Waals surface area contributed by atoms with Crippen molar-refractivity contribution in [3.63, 3.8) is 0 Å².